The maximum atomic E-state index is 5.02. The van der Waals surface area contributed by atoms with Gasteiger partial charge < -0.3 is 20.3 Å². The van der Waals surface area contributed by atoms with Crippen LogP contribution >= 0.6 is 0 Å². The van der Waals surface area contributed by atoms with Crippen LogP contribution in [0.5, 0.6) is 0 Å². The first-order valence-corrected chi connectivity index (χ1v) is 14.4. The van der Waals surface area contributed by atoms with E-state index in [1.165, 1.54) is 6.42 Å². The van der Waals surface area contributed by atoms with Crippen LogP contribution in [0.3, 0.4) is 0 Å². The molecule has 6 rings (SSSR count). The van der Waals surface area contributed by atoms with Gasteiger partial charge in [-0.25, -0.2) is 4.98 Å². The van der Waals surface area contributed by atoms with Crippen LogP contribution in [-0.4, -0.2) is 33.0 Å². The van der Waals surface area contributed by atoms with E-state index in [9.17, 15) is 0 Å². The number of nitrogens with one attached hydrogen (secondary N) is 4. The summed E-state index contributed by atoms with van der Waals surface area (Å²) < 4.78 is 0. The first kappa shape index (κ1) is 25.7. The van der Waals surface area contributed by atoms with Crippen molar-refractivity contribution in [3.05, 3.63) is 89.5 Å². The second-order valence-corrected chi connectivity index (χ2v) is 10.4. The Morgan fingerprint density at radius 1 is 0.725 bits per heavy atom. The number of fused-ring (bicyclic) bond motifs is 8. The first-order valence-electron chi connectivity index (χ1n) is 14.4. The van der Waals surface area contributed by atoms with Gasteiger partial charge in [-0.05, 0) is 91.2 Å². The molecule has 6 nitrogen and oxygen atoms in total. The molecular weight excluding hydrogens is 492 g/mol. The number of nitrogens with zero attached hydrogens (tertiary/aromatic N) is 2. The Morgan fingerprint density at radius 3 is 2.35 bits per heavy atom. The zero-order valence-electron chi connectivity index (χ0n) is 23.2. The van der Waals surface area contributed by atoms with Crippen LogP contribution in [0.15, 0.2) is 77.8 Å². The average molecular weight is 529 g/mol. The van der Waals surface area contributed by atoms with Crippen molar-refractivity contribution in [2.75, 3.05) is 18.4 Å². The minimum Gasteiger partial charge on any atom is -0.385 e. The molecule has 0 saturated carbocycles. The smallest absolute Gasteiger partial charge is 0.107 e. The summed E-state index contributed by atoms with van der Waals surface area (Å²) in [6.07, 6.45) is 8.63. The second kappa shape index (κ2) is 11.7. The van der Waals surface area contributed by atoms with Crippen LogP contribution < -0.4 is 10.7 Å². The van der Waals surface area contributed by atoms with Gasteiger partial charge in [0, 0.05) is 51.9 Å². The van der Waals surface area contributed by atoms with Gasteiger partial charge in [-0.2, -0.15) is 0 Å². The Balaban J connectivity index is 1.59. The van der Waals surface area contributed by atoms with Crippen LogP contribution in [0.25, 0.3) is 56.4 Å². The average Bonchev–Trinajstić information content (AvgIpc) is 3.76. The van der Waals surface area contributed by atoms with E-state index in [1.54, 1.807) is 0 Å². The Kier molecular flexibility index (Phi) is 7.49. The molecule has 6 heteroatoms. The van der Waals surface area contributed by atoms with Crippen molar-refractivity contribution in [1.29, 1.82) is 0 Å². The number of aromatic nitrogens is 4. The summed E-state index contributed by atoms with van der Waals surface area (Å²) in [4.78, 5) is 20.7. The molecule has 0 atom stereocenters. The summed E-state index contributed by atoms with van der Waals surface area (Å²) >= 11 is 0. The fourth-order valence-electron chi connectivity index (χ4n) is 5.09. The van der Waals surface area contributed by atoms with Gasteiger partial charge in [-0.3, -0.25) is 4.99 Å². The third-order valence-electron chi connectivity index (χ3n) is 7.20. The topological polar surface area (TPSA) is 84.7 Å². The summed E-state index contributed by atoms with van der Waals surface area (Å²) in [6, 6.07) is 25.7. The molecule has 0 aliphatic carbocycles. The van der Waals surface area contributed by atoms with Crippen molar-refractivity contribution in [3.8, 4) is 11.1 Å². The van der Waals surface area contributed by atoms with Gasteiger partial charge in [0.05, 0.1) is 16.9 Å². The fourth-order valence-corrected chi connectivity index (χ4v) is 5.09. The SMILES string of the molecule is CCCCN=c1c2nc(cc3[nH]c(cc3-c3cccc(NCCCC)c3)cc3ccc(cc4ccc1[nH]4)[nH]3)C=C2. The molecule has 8 bridgehead atoms. The molecule has 1 aromatic carbocycles. The zero-order chi connectivity index (χ0) is 27.3. The van der Waals surface area contributed by atoms with Gasteiger partial charge in [-0.1, -0.05) is 38.8 Å². The van der Waals surface area contributed by atoms with Crippen molar-refractivity contribution in [1.82, 2.24) is 19.9 Å². The molecule has 202 valence electrons. The number of rotatable bonds is 8. The van der Waals surface area contributed by atoms with E-state index in [0.717, 1.165) is 99.0 Å². The van der Waals surface area contributed by atoms with Crippen molar-refractivity contribution >= 4 is 50.9 Å². The normalized spacial score (nSPS) is 12.4. The van der Waals surface area contributed by atoms with E-state index in [-0.39, 0.29) is 0 Å². The molecule has 40 heavy (non-hydrogen) atoms. The Bertz CT molecular complexity index is 1870. The fraction of sp³-hybridized carbons (Fsp3) is 0.235. The molecule has 1 aliphatic heterocycles. The Hall–Kier alpha value is -4.58. The van der Waals surface area contributed by atoms with E-state index in [2.05, 4.69) is 119 Å². The highest BCUT2D eigenvalue weighted by Gasteiger charge is 2.08. The van der Waals surface area contributed by atoms with Gasteiger partial charge in [0.1, 0.15) is 5.36 Å². The maximum absolute atomic E-state index is 5.02. The Morgan fingerprint density at radius 2 is 1.50 bits per heavy atom. The lowest BCUT2D eigenvalue weighted by Gasteiger charge is -2.07. The highest BCUT2D eigenvalue weighted by Crippen LogP contribution is 2.29. The molecule has 0 unspecified atom stereocenters. The predicted octanol–water partition coefficient (Wildman–Crippen LogP) is 8.28. The third kappa shape index (κ3) is 5.71. The van der Waals surface area contributed by atoms with Gasteiger partial charge in [0.2, 0.25) is 0 Å². The molecule has 1 aliphatic rings. The monoisotopic (exact) mass is 528 g/mol. The van der Waals surface area contributed by atoms with Crippen molar-refractivity contribution in [2.45, 2.75) is 39.5 Å². The van der Waals surface area contributed by atoms with Crippen LogP contribution in [0.4, 0.5) is 5.69 Å². The van der Waals surface area contributed by atoms with Crippen LogP contribution in [-0.2, 0) is 0 Å². The number of benzene rings is 1. The van der Waals surface area contributed by atoms with E-state index in [1.807, 2.05) is 0 Å². The molecule has 0 amide bonds. The quantitative estimate of drug-likeness (QED) is 0.150. The lowest BCUT2D eigenvalue weighted by atomic mass is 10.1. The van der Waals surface area contributed by atoms with E-state index in [4.69, 9.17) is 9.98 Å². The molecule has 0 fully saturated rings. The molecule has 5 heterocycles. The van der Waals surface area contributed by atoms with Gasteiger partial charge in [0.15, 0.2) is 0 Å². The molecule has 4 aromatic heterocycles. The summed E-state index contributed by atoms with van der Waals surface area (Å²) in [5.74, 6) is 0. The summed E-state index contributed by atoms with van der Waals surface area (Å²) in [7, 11) is 0. The largest absolute Gasteiger partial charge is 0.385 e. The Labute approximate surface area is 234 Å². The number of unbranched alkanes of at least 4 members (excludes halogenated alkanes) is 2. The van der Waals surface area contributed by atoms with Gasteiger partial charge in [0.25, 0.3) is 0 Å². The lowest BCUT2D eigenvalue weighted by molar-refractivity contribution is 0.794. The van der Waals surface area contributed by atoms with E-state index < -0.39 is 0 Å². The van der Waals surface area contributed by atoms with Gasteiger partial charge in [-0.15, -0.1) is 0 Å². The number of hydrogen-bond donors (Lipinski definition) is 4. The van der Waals surface area contributed by atoms with Crippen LogP contribution in [0.1, 0.15) is 50.9 Å². The van der Waals surface area contributed by atoms with Gasteiger partial charge >= 0.3 is 0 Å². The zero-order valence-corrected chi connectivity index (χ0v) is 23.2. The van der Waals surface area contributed by atoms with Crippen molar-refractivity contribution in [2.24, 2.45) is 4.99 Å². The molecule has 0 saturated heterocycles. The highest BCUT2D eigenvalue weighted by atomic mass is 14.9. The minimum atomic E-state index is 0.776. The second-order valence-electron chi connectivity index (χ2n) is 10.4. The number of H-pyrrole nitrogens is 3. The predicted molar refractivity (Wildman–Crippen MR) is 169 cm³/mol. The van der Waals surface area contributed by atoms with Crippen LogP contribution in [0, 0.1) is 0 Å². The number of aromatic amines is 3. The maximum Gasteiger partial charge on any atom is 0.107 e. The molecule has 4 N–H and O–H groups in total. The van der Waals surface area contributed by atoms with E-state index >= 15 is 0 Å². The minimum absolute atomic E-state index is 0.776. The molecule has 5 aromatic rings. The first-order chi connectivity index (χ1) is 19.7. The molecular formula is C34H36N6. The van der Waals surface area contributed by atoms with Crippen LogP contribution in [0.2, 0.25) is 0 Å². The summed E-state index contributed by atoms with van der Waals surface area (Å²) in [5, 5.41) is 4.47. The summed E-state index contributed by atoms with van der Waals surface area (Å²) in [6.45, 7) is 6.15. The number of hydrogen-bond acceptors (Lipinski definition) is 3. The van der Waals surface area contributed by atoms with Crippen molar-refractivity contribution in [3.63, 3.8) is 0 Å². The van der Waals surface area contributed by atoms with Crippen molar-refractivity contribution < 1.29 is 0 Å². The molecule has 0 spiro atoms. The lowest BCUT2D eigenvalue weighted by Crippen LogP contribution is -2.08. The highest BCUT2D eigenvalue weighted by molar-refractivity contribution is 5.88. The summed E-state index contributed by atoms with van der Waals surface area (Å²) in [5.41, 5.74) is 11.4. The third-order valence-corrected chi connectivity index (χ3v) is 7.20. The molecule has 0 radical (unpaired) electrons. The standard InChI is InChI=1S/C34H36N6/c1-3-5-16-35-24-9-7-8-23(18-24)30-21-29-20-26-11-10-25(37-26)19-27-12-14-31(38-27)34(36-17-6-4-2)32-15-13-28(39-32)22-33(30)40-29/h7-15,18-22,35,37-38,40H,3-6,16-17H2,1-2H3. The van der Waals surface area contributed by atoms with E-state index in [0.29, 0.717) is 0 Å². The number of anilines is 1.